The van der Waals surface area contributed by atoms with Crippen LogP contribution in [0.25, 0.3) is 0 Å². The summed E-state index contributed by atoms with van der Waals surface area (Å²) in [6.45, 7) is 6.55. The molecule has 1 N–H and O–H groups in total. The van der Waals surface area contributed by atoms with Crippen LogP contribution in [0.4, 0.5) is 5.69 Å². The molecular weight excluding hydrogens is 234 g/mol. The highest BCUT2D eigenvalue weighted by Crippen LogP contribution is 2.31. The lowest BCUT2D eigenvalue weighted by Crippen LogP contribution is -2.29. The average Bonchev–Trinajstić information content (AvgIpc) is 2.42. The Labute approximate surface area is 115 Å². The van der Waals surface area contributed by atoms with Gasteiger partial charge in [-0.05, 0) is 44.5 Å². The standard InChI is InChI=1S/C17H21NO/c1-4-17(2,3)18-15-12-8-9-13-16(15)19-14-10-6-5-7-11-14/h5-13,18H,4H2,1-3H3. The molecule has 0 heterocycles. The molecule has 100 valence electrons. The molecule has 2 aromatic carbocycles. The molecular formula is C17H21NO. The molecule has 0 aromatic heterocycles. The third-order valence-electron chi connectivity index (χ3n) is 3.22. The minimum atomic E-state index is 0.0517. The van der Waals surface area contributed by atoms with Crippen molar-refractivity contribution in [3.63, 3.8) is 0 Å². The Bertz CT molecular complexity index is 520. The van der Waals surface area contributed by atoms with Crippen molar-refractivity contribution in [1.82, 2.24) is 0 Å². The first-order valence-corrected chi connectivity index (χ1v) is 6.71. The summed E-state index contributed by atoms with van der Waals surface area (Å²) in [5, 5.41) is 3.53. The molecule has 0 saturated heterocycles. The molecule has 0 saturated carbocycles. The molecule has 0 aliphatic rings. The van der Waals surface area contributed by atoms with Crippen LogP contribution in [-0.4, -0.2) is 5.54 Å². The normalized spacial score (nSPS) is 11.1. The van der Waals surface area contributed by atoms with E-state index in [4.69, 9.17) is 4.74 Å². The van der Waals surface area contributed by atoms with Gasteiger partial charge in [0.05, 0.1) is 5.69 Å². The van der Waals surface area contributed by atoms with E-state index in [1.165, 1.54) is 0 Å². The molecule has 2 nitrogen and oxygen atoms in total. The number of nitrogens with one attached hydrogen (secondary N) is 1. The summed E-state index contributed by atoms with van der Waals surface area (Å²) in [5.41, 5.74) is 1.08. The monoisotopic (exact) mass is 255 g/mol. The fourth-order valence-corrected chi connectivity index (χ4v) is 1.73. The maximum absolute atomic E-state index is 5.94. The van der Waals surface area contributed by atoms with Crippen molar-refractivity contribution < 1.29 is 4.74 Å². The van der Waals surface area contributed by atoms with Crippen LogP contribution in [0.3, 0.4) is 0 Å². The van der Waals surface area contributed by atoms with Crippen LogP contribution in [0.2, 0.25) is 0 Å². The molecule has 0 radical (unpaired) electrons. The van der Waals surface area contributed by atoms with Crippen LogP contribution in [0, 0.1) is 0 Å². The van der Waals surface area contributed by atoms with Crippen LogP contribution < -0.4 is 10.1 Å². The van der Waals surface area contributed by atoms with Gasteiger partial charge in [0.1, 0.15) is 5.75 Å². The second-order valence-corrected chi connectivity index (χ2v) is 5.27. The maximum atomic E-state index is 5.94. The largest absolute Gasteiger partial charge is 0.455 e. The lowest BCUT2D eigenvalue weighted by molar-refractivity contribution is 0.478. The third-order valence-corrected chi connectivity index (χ3v) is 3.22. The Morgan fingerprint density at radius 3 is 2.26 bits per heavy atom. The molecule has 0 unspecified atom stereocenters. The zero-order valence-corrected chi connectivity index (χ0v) is 11.8. The minimum absolute atomic E-state index is 0.0517. The van der Waals surface area contributed by atoms with Gasteiger partial charge in [-0.3, -0.25) is 0 Å². The smallest absolute Gasteiger partial charge is 0.150 e. The van der Waals surface area contributed by atoms with E-state index in [-0.39, 0.29) is 5.54 Å². The summed E-state index contributed by atoms with van der Waals surface area (Å²) >= 11 is 0. The summed E-state index contributed by atoms with van der Waals surface area (Å²) in [7, 11) is 0. The van der Waals surface area contributed by atoms with E-state index in [1.54, 1.807) is 0 Å². The molecule has 2 rings (SSSR count). The lowest BCUT2D eigenvalue weighted by Gasteiger charge is -2.27. The van der Waals surface area contributed by atoms with Gasteiger partial charge in [-0.15, -0.1) is 0 Å². The molecule has 0 bridgehead atoms. The van der Waals surface area contributed by atoms with Gasteiger partial charge in [-0.1, -0.05) is 37.3 Å². The highest BCUT2D eigenvalue weighted by atomic mass is 16.5. The second-order valence-electron chi connectivity index (χ2n) is 5.27. The zero-order chi connectivity index (χ0) is 13.7. The van der Waals surface area contributed by atoms with E-state index < -0.39 is 0 Å². The van der Waals surface area contributed by atoms with Gasteiger partial charge < -0.3 is 10.1 Å². The van der Waals surface area contributed by atoms with E-state index in [0.717, 1.165) is 23.6 Å². The fourth-order valence-electron chi connectivity index (χ4n) is 1.73. The van der Waals surface area contributed by atoms with E-state index in [1.807, 2.05) is 48.5 Å². The summed E-state index contributed by atoms with van der Waals surface area (Å²) in [6.07, 6.45) is 1.05. The van der Waals surface area contributed by atoms with Gasteiger partial charge in [0.15, 0.2) is 5.75 Å². The average molecular weight is 255 g/mol. The molecule has 2 heteroatoms. The van der Waals surface area contributed by atoms with Gasteiger partial charge in [0.2, 0.25) is 0 Å². The number of para-hydroxylation sites is 3. The number of benzene rings is 2. The second kappa shape index (κ2) is 5.79. The molecule has 0 fully saturated rings. The number of anilines is 1. The molecule has 0 aliphatic carbocycles. The number of hydrogen-bond acceptors (Lipinski definition) is 2. The molecule has 0 amide bonds. The summed E-state index contributed by atoms with van der Waals surface area (Å²) in [4.78, 5) is 0. The van der Waals surface area contributed by atoms with Crippen molar-refractivity contribution in [1.29, 1.82) is 0 Å². The van der Waals surface area contributed by atoms with Crippen LogP contribution >= 0.6 is 0 Å². The number of rotatable bonds is 5. The van der Waals surface area contributed by atoms with E-state index in [0.29, 0.717) is 0 Å². The van der Waals surface area contributed by atoms with Crippen molar-refractivity contribution in [3.8, 4) is 11.5 Å². The van der Waals surface area contributed by atoms with Gasteiger partial charge >= 0.3 is 0 Å². The van der Waals surface area contributed by atoms with Gasteiger partial charge in [0.25, 0.3) is 0 Å². The van der Waals surface area contributed by atoms with Crippen molar-refractivity contribution in [2.45, 2.75) is 32.7 Å². The van der Waals surface area contributed by atoms with Crippen LogP contribution in [0.5, 0.6) is 11.5 Å². The predicted molar refractivity (Wildman–Crippen MR) is 81.0 cm³/mol. The maximum Gasteiger partial charge on any atom is 0.150 e. The van der Waals surface area contributed by atoms with Gasteiger partial charge in [-0.25, -0.2) is 0 Å². The Balaban J connectivity index is 2.22. The Morgan fingerprint density at radius 1 is 0.947 bits per heavy atom. The van der Waals surface area contributed by atoms with Crippen LogP contribution in [0.15, 0.2) is 54.6 Å². The first-order chi connectivity index (χ1) is 9.11. The number of ether oxygens (including phenoxy) is 1. The minimum Gasteiger partial charge on any atom is -0.455 e. The highest BCUT2D eigenvalue weighted by molar-refractivity contribution is 5.58. The Hall–Kier alpha value is -1.96. The van der Waals surface area contributed by atoms with Crippen molar-refractivity contribution in [2.75, 3.05) is 5.32 Å². The third kappa shape index (κ3) is 3.75. The molecule has 0 atom stereocenters. The first-order valence-electron chi connectivity index (χ1n) is 6.71. The highest BCUT2D eigenvalue weighted by Gasteiger charge is 2.16. The summed E-state index contributed by atoms with van der Waals surface area (Å²) in [6, 6.07) is 17.9. The predicted octanol–water partition coefficient (Wildman–Crippen LogP) is 5.08. The Kier molecular flexibility index (Phi) is 4.10. The summed E-state index contributed by atoms with van der Waals surface area (Å²) in [5.74, 6) is 1.71. The van der Waals surface area contributed by atoms with E-state index in [2.05, 4.69) is 32.2 Å². The zero-order valence-electron chi connectivity index (χ0n) is 11.8. The molecule has 2 aromatic rings. The quantitative estimate of drug-likeness (QED) is 0.804. The molecule has 0 aliphatic heterocycles. The first kappa shape index (κ1) is 13.5. The van der Waals surface area contributed by atoms with E-state index in [9.17, 15) is 0 Å². The van der Waals surface area contributed by atoms with Gasteiger partial charge in [0, 0.05) is 5.54 Å². The Morgan fingerprint density at radius 2 is 1.58 bits per heavy atom. The SMILES string of the molecule is CCC(C)(C)Nc1ccccc1Oc1ccccc1. The van der Waals surface area contributed by atoms with Crippen molar-refractivity contribution in [2.24, 2.45) is 0 Å². The summed E-state index contributed by atoms with van der Waals surface area (Å²) < 4.78 is 5.94. The fraction of sp³-hybridized carbons (Fsp3) is 0.294. The lowest BCUT2D eigenvalue weighted by atomic mass is 10.0. The van der Waals surface area contributed by atoms with Crippen molar-refractivity contribution in [3.05, 3.63) is 54.6 Å². The topological polar surface area (TPSA) is 21.3 Å². The molecule has 0 spiro atoms. The van der Waals surface area contributed by atoms with Crippen molar-refractivity contribution >= 4 is 5.69 Å². The van der Waals surface area contributed by atoms with E-state index >= 15 is 0 Å². The number of hydrogen-bond donors (Lipinski definition) is 1. The van der Waals surface area contributed by atoms with Crippen LogP contribution in [-0.2, 0) is 0 Å². The molecule has 19 heavy (non-hydrogen) atoms. The van der Waals surface area contributed by atoms with Gasteiger partial charge in [-0.2, -0.15) is 0 Å². The van der Waals surface area contributed by atoms with Crippen LogP contribution in [0.1, 0.15) is 27.2 Å².